The van der Waals surface area contributed by atoms with Crippen LogP contribution < -0.4 is 15.5 Å². The second-order valence-electron chi connectivity index (χ2n) is 11.5. The number of hydrogen-bond donors (Lipinski definition) is 2. The van der Waals surface area contributed by atoms with Crippen LogP contribution >= 0.6 is 11.6 Å². The number of carbonyl (C=O) groups is 2. The summed E-state index contributed by atoms with van der Waals surface area (Å²) in [6.07, 6.45) is 8.14. The Morgan fingerprint density at radius 1 is 1.05 bits per heavy atom. The Balaban J connectivity index is 1.02. The van der Waals surface area contributed by atoms with Gasteiger partial charge in [0, 0.05) is 62.8 Å². The predicted octanol–water partition coefficient (Wildman–Crippen LogP) is 4.21. The molecule has 2 aliphatic heterocycles. The molecule has 3 heterocycles. The third-order valence-electron chi connectivity index (χ3n) is 8.72. The van der Waals surface area contributed by atoms with Crippen LogP contribution in [0.3, 0.4) is 0 Å². The SMILES string of the molecule is Cn1ncc2c1Nc1cc(Cl)ccc1N(C(=O)C1CCC(CNC(=O)N3CCN(CC4CC4)CC3)CC1)C2. The summed E-state index contributed by atoms with van der Waals surface area (Å²) in [6.45, 7) is 5.97. The maximum absolute atomic E-state index is 13.8. The first-order chi connectivity index (χ1) is 18.4. The van der Waals surface area contributed by atoms with Crippen LogP contribution in [0.15, 0.2) is 24.4 Å². The predicted molar refractivity (Wildman–Crippen MR) is 149 cm³/mol. The largest absolute Gasteiger partial charge is 0.338 e. The number of rotatable bonds is 5. The van der Waals surface area contributed by atoms with Crippen molar-refractivity contribution < 1.29 is 9.59 Å². The molecule has 10 heteroatoms. The van der Waals surface area contributed by atoms with E-state index >= 15 is 0 Å². The Bertz CT molecular complexity index is 1180. The second kappa shape index (κ2) is 10.8. The van der Waals surface area contributed by atoms with Crippen molar-refractivity contribution in [1.29, 1.82) is 0 Å². The molecule has 4 aliphatic rings. The molecular weight excluding hydrogens is 502 g/mol. The maximum Gasteiger partial charge on any atom is 0.317 e. The summed E-state index contributed by atoms with van der Waals surface area (Å²) in [5, 5.41) is 11.6. The molecule has 1 aromatic carbocycles. The number of urea groups is 1. The fourth-order valence-electron chi connectivity index (χ4n) is 6.16. The van der Waals surface area contributed by atoms with E-state index in [2.05, 4.69) is 20.6 Å². The third kappa shape index (κ3) is 5.50. The molecule has 9 nitrogen and oxygen atoms in total. The molecule has 0 spiro atoms. The highest BCUT2D eigenvalue weighted by molar-refractivity contribution is 6.31. The molecule has 3 amide bonds. The fourth-order valence-corrected chi connectivity index (χ4v) is 6.33. The van der Waals surface area contributed by atoms with Crippen LogP contribution in [0.4, 0.5) is 22.0 Å². The van der Waals surface area contributed by atoms with E-state index in [9.17, 15) is 9.59 Å². The molecule has 38 heavy (non-hydrogen) atoms. The molecule has 2 saturated carbocycles. The van der Waals surface area contributed by atoms with Gasteiger partial charge in [0.05, 0.1) is 24.1 Å². The molecule has 6 rings (SSSR count). The zero-order valence-electron chi connectivity index (χ0n) is 22.2. The minimum atomic E-state index is -0.0248. The molecule has 0 radical (unpaired) electrons. The Morgan fingerprint density at radius 3 is 2.53 bits per heavy atom. The van der Waals surface area contributed by atoms with Crippen molar-refractivity contribution in [2.24, 2.45) is 24.8 Å². The summed E-state index contributed by atoms with van der Waals surface area (Å²) in [5.41, 5.74) is 2.65. The number of benzene rings is 1. The monoisotopic (exact) mass is 539 g/mol. The van der Waals surface area contributed by atoms with E-state index in [1.54, 1.807) is 4.68 Å². The highest BCUT2D eigenvalue weighted by Crippen LogP contribution is 2.39. The lowest BCUT2D eigenvalue weighted by Crippen LogP contribution is -2.52. The first-order valence-corrected chi connectivity index (χ1v) is 14.5. The van der Waals surface area contributed by atoms with Gasteiger partial charge in [0.25, 0.3) is 0 Å². The molecule has 2 N–H and O–H groups in total. The summed E-state index contributed by atoms with van der Waals surface area (Å²) in [6, 6.07) is 5.69. The third-order valence-corrected chi connectivity index (χ3v) is 8.96. The smallest absolute Gasteiger partial charge is 0.317 e. The van der Waals surface area contributed by atoms with Gasteiger partial charge < -0.3 is 20.4 Å². The van der Waals surface area contributed by atoms with Crippen LogP contribution in [0, 0.1) is 17.8 Å². The average molecular weight is 540 g/mol. The summed E-state index contributed by atoms with van der Waals surface area (Å²) in [4.78, 5) is 32.9. The Morgan fingerprint density at radius 2 is 1.79 bits per heavy atom. The lowest BCUT2D eigenvalue weighted by Gasteiger charge is -2.35. The summed E-state index contributed by atoms with van der Waals surface area (Å²) < 4.78 is 1.79. The van der Waals surface area contributed by atoms with Crippen molar-refractivity contribution in [3.63, 3.8) is 0 Å². The summed E-state index contributed by atoms with van der Waals surface area (Å²) >= 11 is 6.29. The van der Waals surface area contributed by atoms with Crippen molar-refractivity contribution in [3.05, 3.63) is 35.0 Å². The van der Waals surface area contributed by atoms with E-state index in [-0.39, 0.29) is 17.9 Å². The quantitative estimate of drug-likeness (QED) is 0.594. The standard InChI is InChI=1S/C28H38ClN7O2/c1-33-26-22(16-31-33)18-36(25-9-8-23(29)14-24(25)32-26)27(37)21-6-4-19(5-7-21)15-30-28(38)35-12-10-34(11-13-35)17-20-2-3-20/h8-9,14,16,19-21,32H,2-7,10-13,15,17-18H2,1H3,(H,30,38). The molecule has 1 aromatic heterocycles. The van der Waals surface area contributed by atoms with Crippen molar-refractivity contribution >= 4 is 40.7 Å². The van der Waals surface area contributed by atoms with E-state index in [4.69, 9.17) is 11.6 Å². The lowest BCUT2D eigenvalue weighted by atomic mass is 9.81. The number of nitrogens with one attached hydrogen (secondary N) is 2. The summed E-state index contributed by atoms with van der Waals surface area (Å²) in [5.74, 6) is 2.32. The first kappa shape index (κ1) is 25.5. The Hall–Kier alpha value is -2.78. The normalized spacial score (nSPS) is 23.7. The van der Waals surface area contributed by atoms with Crippen molar-refractivity contribution in [3.8, 4) is 0 Å². The lowest BCUT2D eigenvalue weighted by molar-refractivity contribution is -0.123. The van der Waals surface area contributed by atoms with E-state index in [0.717, 1.165) is 80.5 Å². The molecule has 2 aromatic rings. The first-order valence-electron chi connectivity index (χ1n) is 14.1. The van der Waals surface area contributed by atoms with E-state index < -0.39 is 0 Å². The van der Waals surface area contributed by atoms with Gasteiger partial charge in [0.15, 0.2) is 0 Å². The van der Waals surface area contributed by atoms with Crippen molar-refractivity contribution in [1.82, 2.24) is 24.9 Å². The van der Waals surface area contributed by atoms with Gasteiger partial charge in [-0.3, -0.25) is 14.4 Å². The van der Waals surface area contributed by atoms with E-state index in [1.165, 1.54) is 19.4 Å². The number of piperazine rings is 1. The number of halogens is 1. The zero-order chi connectivity index (χ0) is 26.2. The molecular formula is C28H38ClN7O2. The topological polar surface area (TPSA) is 85.7 Å². The van der Waals surface area contributed by atoms with Crippen LogP contribution in [-0.2, 0) is 18.4 Å². The fraction of sp³-hybridized carbons (Fsp3) is 0.607. The minimum Gasteiger partial charge on any atom is -0.338 e. The van der Waals surface area contributed by atoms with Gasteiger partial charge in [0.1, 0.15) is 5.82 Å². The van der Waals surface area contributed by atoms with Crippen molar-refractivity contribution in [2.45, 2.75) is 45.1 Å². The van der Waals surface area contributed by atoms with Crippen LogP contribution in [0.1, 0.15) is 44.1 Å². The molecule has 2 aliphatic carbocycles. The van der Waals surface area contributed by atoms with Gasteiger partial charge in [-0.05, 0) is 68.6 Å². The highest BCUT2D eigenvalue weighted by atomic mass is 35.5. The van der Waals surface area contributed by atoms with Crippen LogP contribution in [-0.4, -0.2) is 70.8 Å². The van der Waals surface area contributed by atoms with Crippen molar-refractivity contribution in [2.75, 3.05) is 49.5 Å². The Kier molecular flexibility index (Phi) is 7.22. The van der Waals surface area contributed by atoms with E-state index in [0.29, 0.717) is 24.0 Å². The minimum absolute atomic E-state index is 0.0248. The van der Waals surface area contributed by atoms with Crippen LogP contribution in [0.2, 0.25) is 5.02 Å². The van der Waals surface area contributed by atoms with E-state index in [1.807, 2.05) is 41.2 Å². The summed E-state index contributed by atoms with van der Waals surface area (Å²) in [7, 11) is 1.89. The van der Waals surface area contributed by atoms with Gasteiger partial charge >= 0.3 is 6.03 Å². The highest BCUT2D eigenvalue weighted by Gasteiger charge is 2.34. The molecule has 0 bridgehead atoms. The number of amides is 3. The van der Waals surface area contributed by atoms with Gasteiger partial charge in [0.2, 0.25) is 5.91 Å². The van der Waals surface area contributed by atoms with Gasteiger partial charge in [-0.15, -0.1) is 0 Å². The van der Waals surface area contributed by atoms with Crippen LogP contribution in [0.5, 0.6) is 0 Å². The number of aromatic nitrogens is 2. The zero-order valence-corrected chi connectivity index (χ0v) is 22.9. The maximum atomic E-state index is 13.8. The molecule has 204 valence electrons. The molecule has 3 fully saturated rings. The average Bonchev–Trinajstić information content (AvgIpc) is 3.71. The number of anilines is 3. The number of hydrogen-bond acceptors (Lipinski definition) is 5. The molecule has 1 saturated heterocycles. The van der Waals surface area contributed by atoms with Gasteiger partial charge in [-0.1, -0.05) is 11.6 Å². The van der Waals surface area contributed by atoms with Crippen LogP contribution in [0.25, 0.3) is 0 Å². The number of nitrogens with zero attached hydrogens (tertiary/aromatic N) is 5. The molecule has 0 unspecified atom stereocenters. The Labute approximate surface area is 229 Å². The number of aryl methyl sites for hydroxylation is 1. The number of carbonyl (C=O) groups excluding carboxylic acids is 2. The molecule has 0 atom stereocenters. The number of fused-ring (bicyclic) bond motifs is 2. The van der Waals surface area contributed by atoms with Gasteiger partial charge in [-0.2, -0.15) is 5.10 Å². The second-order valence-corrected chi connectivity index (χ2v) is 11.9. The van der Waals surface area contributed by atoms with Gasteiger partial charge in [-0.25, -0.2) is 4.79 Å².